The molecule has 0 aliphatic heterocycles. The molecule has 0 aliphatic rings. The molecule has 0 N–H and O–H groups in total. The normalized spacial score (nSPS) is 11.6. The van der Waals surface area contributed by atoms with Crippen molar-refractivity contribution in [1.82, 2.24) is 9.97 Å². The van der Waals surface area contributed by atoms with Crippen LogP contribution in [-0.2, 0) is 15.6 Å². The molecule has 0 aliphatic carbocycles. The number of hydrogen-bond donors (Lipinski definition) is 0. The Bertz CT molecular complexity index is 1010. The zero-order valence-electron chi connectivity index (χ0n) is 13.8. The van der Waals surface area contributed by atoms with Gasteiger partial charge in [-0.25, -0.2) is 13.4 Å². The predicted octanol–water partition coefficient (Wildman–Crippen LogP) is 3.16. The van der Waals surface area contributed by atoms with Gasteiger partial charge in [0.1, 0.15) is 5.75 Å². The van der Waals surface area contributed by atoms with Gasteiger partial charge in [-0.3, -0.25) is 4.98 Å². The third kappa shape index (κ3) is 3.54. The summed E-state index contributed by atoms with van der Waals surface area (Å²) in [5, 5.41) is 0.954. The van der Waals surface area contributed by atoms with Gasteiger partial charge >= 0.3 is 0 Å². The summed E-state index contributed by atoms with van der Waals surface area (Å²) in [5.74, 6) is 0.708. The van der Waals surface area contributed by atoms with Gasteiger partial charge in [-0.15, -0.1) is 0 Å². The lowest BCUT2D eigenvalue weighted by atomic mass is 10.0. The van der Waals surface area contributed by atoms with E-state index in [2.05, 4.69) is 9.97 Å². The van der Waals surface area contributed by atoms with Crippen LogP contribution in [0, 0.1) is 6.92 Å². The molecule has 3 rings (SSSR count). The Balaban J connectivity index is 2.09. The number of aromatic nitrogens is 2. The summed E-state index contributed by atoms with van der Waals surface area (Å²) in [6, 6.07) is 9.43. The van der Waals surface area contributed by atoms with Crippen LogP contribution in [0.5, 0.6) is 5.75 Å². The number of benzene rings is 1. The highest BCUT2D eigenvalue weighted by Gasteiger charge is 2.10. The molecule has 3 aromatic rings. The minimum absolute atomic E-state index is 0.0317. The molecule has 2 heterocycles. The van der Waals surface area contributed by atoms with Crippen LogP contribution < -0.4 is 4.74 Å². The Labute approximate surface area is 141 Å². The topological polar surface area (TPSA) is 69.2 Å². The lowest BCUT2D eigenvalue weighted by molar-refractivity contribution is 0.413. The number of pyridine rings is 2. The van der Waals surface area contributed by atoms with E-state index in [0.29, 0.717) is 5.75 Å². The Morgan fingerprint density at radius 3 is 2.62 bits per heavy atom. The Kier molecular flexibility index (Phi) is 4.24. The van der Waals surface area contributed by atoms with Gasteiger partial charge in [-0.05, 0) is 42.3 Å². The number of fused-ring (bicyclic) bond motifs is 1. The molecule has 1 aromatic carbocycles. The minimum Gasteiger partial charge on any atom is -0.495 e. The number of nitrogens with zero attached hydrogens (tertiary/aromatic N) is 2. The van der Waals surface area contributed by atoms with Crippen LogP contribution in [0.1, 0.15) is 11.1 Å². The summed E-state index contributed by atoms with van der Waals surface area (Å²) in [5.41, 5.74) is 4.31. The number of aryl methyl sites for hydroxylation is 1. The molecule has 24 heavy (non-hydrogen) atoms. The van der Waals surface area contributed by atoms with E-state index in [1.54, 1.807) is 19.5 Å². The summed E-state index contributed by atoms with van der Waals surface area (Å²) >= 11 is 0. The number of hydrogen-bond acceptors (Lipinski definition) is 5. The van der Waals surface area contributed by atoms with Crippen molar-refractivity contribution in [1.29, 1.82) is 0 Å². The average molecular weight is 342 g/mol. The largest absolute Gasteiger partial charge is 0.495 e. The fourth-order valence-electron chi connectivity index (χ4n) is 2.65. The molecule has 0 spiro atoms. The number of methoxy groups -OCH3 is 1. The first-order chi connectivity index (χ1) is 11.4. The van der Waals surface area contributed by atoms with Gasteiger partial charge in [0.05, 0.1) is 30.3 Å². The van der Waals surface area contributed by atoms with E-state index in [1.807, 2.05) is 37.3 Å². The van der Waals surface area contributed by atoms with Crippen molar-refractivity contribution in [2.75, 3.05) is 13.4 Å². The maximum atomic E-state index is 11.5. The van der Waals surface area contributed by atoms with Crippen molar-refractivity contribution in [2.45, 2.75) is 12.7 Å². The van der Waals surface area contributed by atoms with Crippen LogP contribution in [0.15, 0.2) is 42.7 Å². The number of rotatable bonds is 4. The summed E-state index contributed by atoms with van der Waals surface area (Å²) < 4.78 is 28.2. The molecule has 5 nitrogen and oxygen atoms in total. The highest BCUT2D eigenvalue weighted by atomic mass is 32.2. The van der Waals surface area contributed by atoms with Crippen LogP contribution in [0.3, 0.4) is 0 Å². The summed E-state index contributed by atoms with van der Waals surface area (Å²) in [4.78, 5) is 8.84. The van der Waals surface area contributed by atoms with E-state index in [1.165, 1.54) is 6.26 Å². The fourth-order valence-corrected chi connectivity index (χ4v) is 3.44. The number of ether oxygens (including phenoxy) is 1. The van der Waals surface area contributed by atoms with Gasteiger partial charge < -0.3 is 4.74 Å². The van der Waals surface area contributed by atoms with Crippen LogP contribution in [0.25, 0.3) is 22.2 Å². The Morgan fingerprint density at radius 2 is 1.92 bits per heavy atom. The van der Waals surface area contributed by atoms with E-state index >= 15 is 0 Å². The first-order valence-corrected chi connectivity index (χ1v) is 9.49. The monoisotopic (exact) mass is 342 g/mol. The quantitative estimate of drug-likeness (QED) is 0.728. The zero-order valence-corrected chi connectivity index (χ0v) is 14.6. The van der Waals surface area contributed by atoms with Crippen LogP contribution in [0.2, 0.25) is 0 Å². The lowest BCUT2D eigenvalue weighted by Gasteiger charge is -2.09. The molecule has 0 fully saturated rings. The lowest BCUT2D eigenvalue weighted by Crippen LogP contribution is -2.01. The highest BCUT2D eigenvalue weighted by molar-refractivity contribution is 7.89. The summed E-state index contributed by atoms with van der Waals surface area (Å²) in [6.45, 7) is 1.99. The zero-order chi connectivity index (χ0) is 17.3. The molecule has 2 aromatic heterocycles. The second-order valence-corrected chi connectivity index (χ2v) is 8.00. The van der Waals surface area contributed by atoms with E-state index in [9.17, 15) is 8.42 Å². The van der Waals surface area contributed by atoms with Crippen molar-refractivity contribution >= 4 is 20.7 Å². The maximum Gasteiger partial charge on any atom is 0.151 e. The molecular formula is C18H18N2O3S. The molecule has 0 saturated carbocycles. The first-order valence-electron chi connectivity index (χ1n) is 7.43. The predicted molar refractivity (Wildman–Crippen MR) is 94.8 cm³/mol. The second kappa shape index (κ2) is 6.20. The van der Waals surface area contributed by atoms with Gasteiger partial charge in [0.15, 0.2) is 9.84 Å². The highest BCUT2D eigenvalue weighted by Crippen LogP contribution is 2.27. The Hall–Kier alpha value is -2.47. The van der Waals surface area contributed by atoms with Gasteiger partial charge in [0, 0.05) is 23.4 Å². The SMILES string of the molecule is COc1cncc(-c2cc(C)c3cc(CS(C)(=O)=O)ccc3n2)c1. The van der Waals surface area contributed by atoms with E-state index in [0.717, 1.165) is 33.3 Å². The van der Waals surface area contributed by atoms with Crippen LogP contribution in [0.4, 0.5) is 0 Å². The first kappa shape index (κ1) is 16.4. The van der Waals surface area contributed by atoms with Gasteiger partial charge in [-0.2, -0.15) is 0 Å². The summed E-state index contributed by atoms with van der Waals surface area (Å²) in [6.07, 6.45) is 4.63. The summed E-state index contributed by atoms with van der Waals surface area (Å²) in [7, 11) is -1.46. The molecular weight excluding hydrogens is 324 g/mol. The standard InChI is InChI=1S/C18H18N2O3S/c1-12-6-18(14-8-15(23-2)10-19-9-14)20-17-5-4-13(7-16(12)17)11-24(3,21)22/h4-10H,11H2,1-3H3. The molecule has 6 heteroatoms. The van der Waals surface area contributed by atoms with E-state index < -0.39 is 9.84 Å². The molecule has 0 atom stereocenters. The van der Waals surface area contributed by atoms with Gasteiger partial charge in [0.25, 0.3) is 0 Å². The van der Waals surface area contributed by atoms with Crippen molar-refractivity contribution in [2.24, 2.45) is 0 Å². The Morgan fingerprint density at radius 1 is 1.12 bits per heavy atom. The van der Waals surface area contributed by atoms with Crippen LogP contribution >= 0.6 is 0 Å². The van der Waals surface area contributed by atoms with Crippen molar-refractivity contribution < 1.29 is 13.2 Å². The van der Waals surface area contributed by atoms with Crippen molar-refractivity contribution in [3.05, 3.63) is 53.9 Å². The third-order valence-corrected chi connectivity index (χ3v) is 4.61. The smallest absolute Gasteiger partial charge is 0.151 e. The maximum absolute atomic E-state index is 11.5. The number of sulfone groups is 1. The average Bonchev–Trinajstić information content (AvgIpc) is 2.54. The molecule has 0 bridgehead atoms. The van der Waals surface area contributed by atoms with E-state index in [-0.39, 0.29) is 5.75 Å². The molecule has 0 amide bonds. The van der Waals surface area contributed by atoms with Crippen LogP contribution in [-0.4, -0.2) is 31.8 Å². The van der Waals surface area contributed by atoms with E-state index in [4.69, 9.17) is 4.74 Å². The molecule has 0 unspecified atom stereocenters. The van der Waals surface area contributed by atoms with Gasteiger partial charge in [0.2, 0.25) is 0 Å². The van der Waals surface area contributed by atoms with Gasteiger partial charge in [-0.1, -0.05) is 6.07 Å². The fraction of sp³-hybridized carbons (Fsp3) is 0.222. The van der Waals surface area contributed by atoms with Crippen molar-refractivity contribution in [3.8, 4) is 17.0 Å². The molecule has 0 radical (unpaired) electrons. The second-order valence-electron chi connectivity index (χ2n) is 5.86. The molecule has 124 valence electrons. The minimum atomic E-state index is -3.06. The molecule has 0 saturated heterocycles. The van der Waals surface area contributed by atoms with Crippen molar-refractivity contribution in [3.63, 3.8) is 0 Å². The third-order valence-electron chi connectivity index (χ3n) is 3.75.